The van der Waals surface area contributed by atoms with Gasteiger partial charge in [0.2, 0.25) is 0 Å². The number of likely N-dealkylation sites (tertiary alicyclic amines) is 1. The minimum Gasteiger partial charge on any atom is -0.488 e. The average molecular weight is 552 g/mol. The summed E-state index contributed by atoms with van der Waals surface area (Å²) in [6.45, 7) is 9.79. The zero-order valence-electron chi connectivity index (χ0n) is 21.6. The smallest absolute Gasteiger partial charge is 0.191 e. The minimum atomic E-state index is -1.06. The molecule has 37 heavy (non-hydrogen) atoms. The van der Waals surface area contributed by atoms with Crippen molar-refractivity contribution in [2.24, 2.45) is 0 Å². The number of piperidine rings is 1. The number of benzene rings is 2. The first-order valence-electron chi connectivity index (χ1n) is 11.9. The van der Waals surface area contributed by atoms with Crippen LogP contribution in [0.3, 0.4) is 0 Å². The monoisotopic (exact) mass is 550 g/mol. The summed E-state index contributed by atoms with van der Waals surface area (Å²) in [5, 5.41) is 12.1. The van der Waals surface area contributed by atoms with Crippen molar-refractivity contribution in [3.05, 3.63) is 71.2 Å². The lowest BCUT2D eigenvalue weighted by atomic mass is 9.87. The molecule has 2 aromatic heterocycles. The van der Waals surface area contributed by atoms with Gasteiger partial charge in [-0.15, -0.1) is 24.8 Å². The molecule has 0 radical (unpaired) electrons. The molecule has 0 bridgehead atoms. The van der Waals surface area contributed by atoms with Crippen LogP contribution in [0.5, 0.6) is 5.75 Å². The van der Waals surface area contributed by atoms with Gasteiger partial charge in [0, 0.05) is 20.0 Å². The van der Waals surface area contributed by atoms with E-state index >= 15 is 0 Å². The number of aliphatic hydroxyl groups is 1. The second-order valence-electron chi connectivity index (χ2n) is 9.63. The molecule has 9 heteroatoms. The number of hydrogen-bond donors (Lipinski definition) is 1. The van der Waals surface area contributed by atoms with Crippen molar-refractivity contribution in [3.63, 3.8) is 0 Å². The highest BCUT2D eigenvalue weighted by molar-refractivity contribution is 5.87. The molecule has 1 fully saturated rings. The van der Waals surface area contributed by atoms with Crippen molar-refractivity contribution in [2.45, 2.75) is 52.2 Å². The molecule has 0 unspecified atom stereocenters. The van der Waals surface area contributed by atoms with Crippen LogP contribution >= 0.6 is 24.8 Å². The van der Waals surface area contributed by atoms with E-state index in [4.69, 9.17) is 13.6 Å². The van der Waals surface area contributed by atoms with Gasteiger partial charge in [0.05, 0.1) is 11.6 Å². The Morgan fingerprint density at radius 2 is 1.73 bits per heavy atom. The first kappa shape index (κ1) is 30.7. The molecule has 0 spiro atoms. The fourth-order valence-corrected chi connectivity index (χ4v) is 4.78. The summed E-state index contributed by atoms with van der Waals surface area (Å²) in [4.78, 5) is 6.27. The third-order valence-corrected chi connectivity index (χ3v) is 7.07. The lowest BCUT2D eigenvalue weighted by molar-refractivity contribution is -0.126. The molecule has 202 valence electrons. The van der Waals surface area contributed by atoms with Gasteiger partial charge in [0.1, 0.15) is 23.7 Å². The summed E-state index contributed by atoms with van der Waals surface area (Å²) in [6.07, 6.45) is 3.70. The molecule has 1 aliphatic heterocycles. The molecule has 0 aliphatic carbocycles. The van der Waals surface area contributed by atoms with Crippen LogP contribution in [0.2, 0.25) is 0 Å². The van der Waals surface area contributed by atoms with E-state index in [9.17, 15) is 5.11 Å². The number of hydrogen-bond acceptors (Lipinski definition) is 6. The molecular weight excluding hydrogens is 515 g/mol. The SMILES string of the molecule is Cc1ncc(-c2cc3c(OC[C@](C)(O)N4CCC(c5ccc(C)c(C)c5)CC4)cccc3o2)o1.Cl.Cl.O. The normalized spacial score (nSPS) is 15.8. The van der Waals surface area contributed by atoms with Gasteiger partial charge in [-0.1, -0.05) is 24.3 Å². The molecule has 3 heterocycles. The number of aromatic nitrogens is 1. The number of fused-ring (bicyclic) bond motifs is 1. The van der Waals surface area contributed by atoms with Crippen LogP contribution in [0, 0.1) is 20.8 Å². The third-order valence-electron chi connectivity index (χ3n) is 7.07. The Labute approximate surface area is 229 Å². The highest BCUT2D eigenvalue weighted by Gasteiger charge is 2.34. The van der Waals surface area contributed by atoms with E-state index in [1.54, 1.807) is 13.1 Å². The number of furan rings is 1. The molecule has 5 rings (SSSR count). The number of rotatable bonds is 6. The molecule has 0 saturated carbocycles. The summed E-state index contributed by atoms with van der Waals surface area (Å²) in [7, 11) is 0. The Hall–Kier alpha value is -2.55. The molecule has 0 amide bonds. The Kier molecular flexibility index (Phi) is 10.2. The van der Waals surface area contributed by atoms with Crippen LogP contribution in [-0.4, -0.2) is 45.9 Å². The fraction of sp³-hybridized carbons (Fsp3) is 0.393. The van der Waals surface area contributed by atoms with Gasteiger partial charge in [0.15, 0.2) is 17.4 Å². The predicted molar refractivity (Wildman–Crippen MR) is 150 cm³/mol. The van der Waals surface area contributed by atoms with Crippen LogP contribution in [0.15, 0.2) is 57.5 Å². The van der Waals surface area contributed by atoms with Crippen LogP contribution in [0.1, 0.15) is 48.3 Å². The highest BCUT2D eigenvalue weighted by atomic mass is 35.5. The fourth-order valence-electron chi connectivity index (χ4n) is 4.78. The van der Waals surface area contributed by atoms with Crippen LogP contribution in [-0.2, 0) is 0 Å². The summed E-state index contributed by atoms with van der Waals surface area (Å²) in [5.74, 6) is 2.98. The van der Waals surface area contributed by atoms with Crippen LogP contribution in [0.4, 0.5) is 0 Å². The molecule has 3 N–H and O–H groups in total. The Balaban J connectivity index is 0.00000160. The summed E-state index contributed by atoms with van der Waals surface area (Å²) in [6, 6.07) is 14.4. The maximum atomic E-state index is 11.3. The first-order chi connectivity index (χ1) is 16.3. The number of ether oxygens (including phenoxy) is 1. The zero-order chi connectivity index (χ0) is 23.9. The van der Waals surface area contributed by atoms with E-state index in [-0.39, 0.29) is 36.9 Å². The van der Waals surface area contributed by atoms with Gasteiger partial charge in [-0.25, -0.2) is 4.98 Å². The third kappa shape index (κ3) is 6.48. The summed E-state index contributed by atoms with van der Waals surface area (Å²) >= 11 is 0. The lowest BCUT2D eigenvalue weighted by Gasteiger charge is -2.41. The van der Waals surface area contributed by atoms with Crippen LogP contribution in [0.25, 0.3) is 22.5 Å². The maximum absolute atomic E-state index is 11.3. The second kappa shape index (κ2) is 12.3. The van der Waals surface area contributed by atoms with E-state index in [1.807, 2.05) is 31.2 Å². The molecule has 1 atom stereocenters. The minimum absolute atomic E-state index is 0. The van der Waals surface area contributed by atoms with Gasteiger partial charge in [-0.05, 0) is 74.4 Å². The van der Waals surface area contributed by atoms with Gasteiger partial charge in [-0.3, -0.25) is 4.90 Å². The van der Waals surface area contributed by atoms with Gasteiger partial charge in [0.25, 0.3) is 0 Å². The average Bonchev–Trinajstić information content (AvgIpc) is 3.46. The van der Waals surface area contributed by atoms with Crippen molar-refractivity contribution >= 4 is 35.8 Å². The van der Waals surface area contributed by atoms with Crippen molar-refractivity contribution in [2.75, 3.05) is 19.7 Å². The molecular formula is C28H36Cl2N2O5. The van der Waals surface area contributed by atoms with E-state index in [0.29, 0.717) is 34.7 Å². The van der Waals surface area contributed by atoms with E-state index in [2.05, 4.69) is 41.9 Å². The van der Waals surface area contributed by atoms with Gasteiger partial charge >= 0.3 is 0 Å². The van der Waals surface area contributed by atoms with E-state index in [1.165, 1.54) is 16.7 Å². The van der Waals surface area contributed by atoms with Gasteiger partial charge < -0.3 is 24.2 Å². The largest absolute Gasteiger partial charge is 0.488 e. The maximum Gasteiger partial charge on any atom is 0.191 e. The molecule has 1 saturated heterocycles. The molecule has 4 aromatic rings. The Morgan fingerprint density at radius 1 is 1.00 bits per heavy atom. The van der Waals surface area contributed by atoms with Crippen molar-refractivity contribution < 1.29 is 24.2 Å². The first-order valence-corrected chi connectivity index (χ1v) is 11.9. The molecule has 1 aliphatic rings. The van der Waals surface area contributed by atoms with Crippen molar-refractivity contribution in [1.82, 2.24) is 9.88 Å². The predicted octanol–water partition coefficient (Wildman–Crippen LogP) is 6.00. The number of halogens is 2. The standard InChI is InChI=1S/C28H32N2O4.2ClH.H2O/c1-18-8-9-22(14-19(18)2)21-10-12-30(13-11-21)28(4,31)17-32-24-6-5-7-25-23(24)15-26(34-25)27-16-29-20(3)33-27;;;/h5-9,14-16,21,31H,10-13,17H2,1-4H3;2*1H;1H2/t28-;;;/m0.../s1. The Morgan fingerprint density at radius 3 is 2.38 bits per heavy atom. The number of nitrogens with zero attached hydrogens (tertiary/aromatic N) is 2. The Bertz CT molecular complexity index is 1310. The zero-order valence-corrected chi connectivity index (χ0v) is 23.2. The van der Waals surface area contributed by atoms with Crippen LogP contribution < -0.4 is 4.74 Å². The quantitative estimate of drug-likeness (QED) is 0.315. The molecule has 2 aromatic carbocycles. The lowest BCUT2D eigenvalue weighted by Crippen LogP contribution is -2.53. The van der Waals surface area contributed by atoms with Gasteiger partial charge in [-0.2, -0.15) is 0 Å². The van der Waals surface area contributed by atoms with E-state index < -0.39 is 5.72 Å². The summed E-state index contributed by atoms with van der Waals surface area (Å²) in [5.41, 5.74) is 3.72. The van der Waals surface area contributed by atoms with Crippen molar-refractivity contribution in [3.8, 4) is 17.3 Å². The number of aryl methyl sites for hydroxylation is 3. The molecule has 7 nitrogen and oxygen atoms in total. The van der Waals surface area contributed by atoms with Crippen molar-refractivity contribution in [1.29, 1.82) is 0 Å². The summed E-state index contributed by atoms with van der Waals surface area (Å²) < 4.78 is 17.7. The van der Waals surface area contributed by atoms with E-state index in [0.717, 1.165) is 31.3 Å². The number of oxazole rings is 1. The highest BCUT2D eigenvalue weighted by Crippen LogP contribution is 2.35. The topological polar surface area (TPSA) is 103 Å². The second-order valence-corrected chi connectivity index (χ2v) is 9.63.